The minimum absolute atomic E-state index is 0.291. The fourth-order valence-corrected chi connectivity index (χ4v) is 1.96. The van der Waals surface area contributed by atoms with Crippen LogP contribution in [0.15, 0.2) is 18.3 Å². The van der Waals surface area contributed by atoms with E-state index in [9.17, 15) is 0 Å². The van der Waals surface area contributed by atoms with Gasteiger partial charge in [-0.05, 0) is 43.6 Å². The molecular formula is C12H17N3OS. The van der Waals surface area contributed by atoms with Crippen molar-refractivity contribution in [3.63, 3.8) is 0 Å². The van der Waals surface area contributed by atoms with Gasteiger partial charge in [0.2, 0.25) is 0 Å². The molecule has 1 aromatic rings. The standard InChI is InChI=1S/C12H17N3OS/c1-9-4-2-6-13-11(9)15-12(17)14-8-10-5-3-7-16-10/h2,4,6,10H,3,5,7-8H2,1H3,(H2,13,14,15,17)/t10-/m1/s1. The lowest BCUT2D eigenvalue weighted by molar-refractivity contribution is 0.114. The molecule has 0 aliphatic carbocycles. The number of nitrogens with one attached hydrogen (secondary N) is 2. The molecular weight excluding hydrogens is 234 g/mol. The van der Waals surface area contributed by atoms with Gasteiger partial charge in [-0.3, -0.25) is 0 Å². The van der Waals surface area contributed by atoms with Crippen molar-refractivity contribution in [2.75, 3.05) is 18.5 Å². The molecule has 1 saturated heterocycles. The summed E-state index contributed by atoms with van der Waals surface area (Å²) in [5.41, 5.74) is 1.08. The first-order valence-corrected chi connectivity index (χ1v) is 6.24. The van der Waals surface area contributed by atoms with Crippen LogP contribution in [-0.2, 0) is 4.74 Å². The molecule has 1 fully saturated rings. The summed E-state index contributed by atoms with van der Waals surface area (Å²) >= 11 is 5.21. The third kappa shape index (κ3) is 3.64. The molecule has 0 unspecified atom stereocenters. The fraction of sp³-hybridized carbons (Fsp3) is 0.500. The van der Waals surface area contributed by atoms with Crippen LogP contribution in [0.5, 0.6) is 0 Å². The van der Waals surface area contributed by atoms with Crippen molar-refractivity contribution < 1.29 is 4.74 Å². The molecule has 2 rings (SSSR count). The smallest absolute Gasteiger partial charge is 0.172 e. The zero-order valence-electron chi connectivity index (χ0n) is 9.90. The number of rotatable bonds is 3. The second kappa shape index (κ2) is 5.93. The number of pyridine rings is 1. The molecule has 1 atom stereocenters. The third-order valence-electron chi connectivity index (χ3n) is 2.76. The maximum atomic E-state index is 5.51. The summed E-state index contributed by atoms with van der Waals surface area (Å²) in [6, 6.07) is 3.90. The zero-order chi connectivity index (χ0) is 12.1. The van der Waals surface area contributed by atoms with Gasteiger partial charge in [0.1, 0.15) is 5.82 Å². The second-order valence-electron chi connectivity index (χ2n) is 4.14. The Kier molecular flexibility index (Phi) is 4.28. The topological polar surface area (TPSA) is 46.2 Å². The number of nitrogens with zero attached hydrogens (tertiary/aromatic N) is 1. The lowest BCUT2D eigenvalue weighted by Gasteiger charge is -2.14. The van der Waals surface area contributed by atoms with Crippen LogP contribution in [0.1, 0.15) is 18.4 Å². The van der Waals surface area contributed by atoms with Gasteiger partial charge in [-0.1, -0.05) is 6.07 Å². The highest BCUT2D eigenvalue weighted by molar-refractivity contribution is 7.80. The van der Waals surface area contributed by atoms with E-state index < -0.39 is 0 Å². The molecule has 0 spiro atoms. The first kappa shape index (κ1) is 12.3. The average Bonchev–Trinajstić information content (AvgIpc) is 2.82. The van der Waals surface area contributed by atoms with Crippen LogP contribution < -0.4 is 10.6 Å². The van der Waals surface area contributed by atoms with Gasteiger partial charge in [-0.2, -0.15) is 0 Å². The molecule has 17 heavy (non-hydrogen) atoms. The van der Waals surface area contributed by atoms with E-state index in [-0.39, 0.29) is 0 Å². The highest BCUT2D eigenvalue weighted by Gasteiger charge is 2.15. The summed E-state index contributed by atoms with van der Waals surface area (Å²) in [6.45, 7) is 3.63. The Hall–Kier alpha value is -1.20. The number of ether oxygens (including phenoxy) is 1. The van der Waals surface area contributed by atoms with Gasteiger partial charge in [-0.15, -0.1) is 0 Å². The fourth-order valence-electron chi connectivity index (χ4n) is 1.78. The van der Waals surface area contributed by atoms with Gasteiger partial charge >= 0.3 is 0 Å². The van der Waals surface area contributed by atoms with Gasteiger partial charge in [-0.25, -0.2) is 4.98 Å². The minimum atomic E-state index is 0.291. The maximum Gasteiger partial charge on any atom is 0.172 e. The molecule has 0 bridgehead atoms. The highest BCUT2D eigenvalue weighted by atomic mass is 32.1. The Bertz CT molecular complexity index is 391. The molecule has 2 heterocycles. The van der Waals surface area contributed by atoms with Crippen molar-refractivity contribution >= 4 is 23.1 Å². The predicted octanol–water partition coefficient (Wildman–Crippen LogP) is 1.86. The van der Waals surface area contributed by atoms with Gasteiger partial charge in [0.15, 0.2) is 5.11 Å². The van der Waals surface area contributed by atoms with Crippen LogP contribution >= 0.6 is 12.2 Å². The first-order chi connectivity index (χ1) is 8.25. The van der Waals surface area contributed by atoms with E-state index in [1.807, 2.05) is 19.1 Å². The van der Waals surface area contributed by atoms with Crippen LogP contribution in [0.4, 0.5) is 5.82 Å². The number of anilines is 1. The van der Waals surface area contributed by atoms with Crippen LogP contribution in [-0.4, -0.2) is 29.4 Å². The average molecular weight is 251 g/mol. The first-order valence-electron chi connectivity index (χ1n) is 5.84. The van der Waals surface area contributed by atoms with E-state index in [0.717, 1.165) is 37.4 Å². The van der Waals surface area contributed by atoms with Crippen LogP contribution in [0.2, 0.25) is 0 Å². The van der Waals surface area contributed by atoms with E-state index >= 15 is 0 Å². The van der Waals surface area contributed by atoms with Crippen molar-refractivity contribution in [2.45, 2.75) is 25.9 Å². The monoisotopic (exact) mass is 251 g/mol. The van der Waals surface area contributed by atoms with Gasteiger partial charge in [0, 0.05) is 19.3 Å². The van der Waals surface area contributed by atoms with Crippen molar-refractivity contribution in [3.05, 3.63) is 23.9 Å². The number of aryl methyl sites for hydroxylation is 1. The molecule has 1 aliphatic heterocycles. The van der Waals surface area contributed by atoms with Crippen LogP contribution in [0, 0.1) is 6.92 Å². The molecule has 1 aliphatic rings. The summed E-state index contributed by atoms with van der Waals surface area (Å²) in [6.07, 6.45) is 4.29. The lowest BCUT2D eigenvalue weighted by Crippen LogP contribution is -2.35. The molecule has 0 radical (unpaired) electrons. The van der Waals surface area contributed by atoms with Gasteiger partial charge < -0.3 is 15.4 Å². The summed E-state index contributed by atoms with van der Waals surface area (Å²) in [4.78, 5) is 4.23. The Balaban J connectivity index is 1.79. The SMILES string of the molecule is Cc1cccnc1NC(=S)NC[C@H]1CCCO1. The number of hydrogen-bond donors (Lipinski definition) is 2. The van der Waals surface area contributed by atoms with Crippen LogP contribution in [0.3, 0.4) is 0 Å². The quantitative estimate of drug-likeness (QED) is 0.803. The number of aromatic nitrogens is 1. The van der Waals surface area contributed by atoms with E-state index in [1.165, 1.54) is 0 Å². The number of thiocarbonyl (C=S) groups is 1. The molecule has 1 aromatic heterocycles. The summed E-state index contributed by atoms with van der Waals surface area (Å²) in [5, 5.41) is 6.84. The van der Waals surface area contributed by atoms with E-state index in [0.29, 0.717) is 11.2 Å². The van der Waals surface area contributed by atoms with E-state index in [1.54, 1.807) is 6.20 Å². The van der Waals surface area contributed by atoms with E-state index in [4.69, 9.17) is 17.0 Å². The Morgan fingerprint density at radius 3 is 3.24 bits per heavy atom. The van der Waals surface area contributed by atoms with Gasteiger partial charge in [0.05, 0.1) is 6.10 Å². The highest BCUT2D eigenvalue weighted by Crippen LogP contribution is 2.11. The largest absolute Gasteiger partial charge is 0.376 e. The van der Waals surface area contributed by atoms with Crippen molar-refractivity contribution in [1.29, 1.82) is 0 Å². The number of hydrogen-bond acceptors (Lipinski definition) is 3. The molecule has 0 amide bonds. The molecule has 2 N–H and O–H groups in total. The summed E-state index contributed by atoms with van der Waals surface area (Å²) < 4.78 is 5.51. The predicted molar refractivity (Wildman–Crippen MR) is 72.2 cm³/mol. The van der Waals surface area contributed by atoms with Crippen molar-refractivity contribution in [1.82, 2.24) is 10.3 Å². The lowest BCUT2D eigenvalue weighted by atomic mass is 10.2. The minimum Gasteiger partial charge on any atom is -0.376 e. The maximum absolute atomic E-state index is 5.51. The summed E-state index contributed by atoms with van der Waals surface area (Å²) in [5.74, 6) is 0.803. The van der Waals surface area contributed by atoms with Crippen LogP contribution in [0.25, 0.3) is 0 Å². The molecule has 0 saturated carbocycles. The molecule has 4 nitrogen and oxygen atoms in total. The zero-order valence-corrected chi connectivity index (χ0v) is 10.7. The summed E-state index contributed by atoms with van der Waals surface area (Å²) in [7, 11) is 0. The van der Waals surface area contributed by atoms with Crippen molar-refractivity contribution in [2.24, 2.45) is 0 Å². The molecule has 0 aromatic carbocycles. The second-order valence-corrected chi connectivity index (χ2v) is 4.55. The molecule has 5 heteroatoms. The van der Waals surface area contributed by atoms with Gasteiger partial charge in [0.25, 0.3) is 0 Å². The normalized spacial score (nSPS) is 19.0. The van der Waals surface area contributed by atoms with Crippen molar-refractivity contribution in [3.8, 4) is 0 Å². The van der Waals surface area contributed by atoms with E-state index in [2.05, 4.69) is 15.6 Å². The Morgan fingerprint density at radius 1 is 1.65 bits per heavy atom. The Labute approximate surface area is 107 Å². The Morgan fingerprint density at radius 2 is 2.53 bits per heavy atom. The third-order valence-corrected chi connectivity index (χ3v) is 3.00. The molecule has 92 valence electrons.